The molecule has 0 saturated heterocycles. The number of carbonyl (C=O) groups excluding carboxylic acids is 1. The molecule has 0 radical (unpaired) electrons. The molecule has 1 amide bonds. The molecule has 0 unspecified atom stereocenters. The molecule has 1 heterocycles. The quantitative estimate of drug-likeness (QED) is 0.861. The molecule has 0 fully saturated rings. The number of nitrogen functional groups attached to an aromatic ring is 1. The number of rotatable bonds is 5. The van der Waals surface area contributed by atoms with Crippen LogP contribution in [0.5, 0.6) is 5.75 Å². The molecule has 1 aromatic heterocycles. The number of amides is 1. The number of benzene rings is 1. The highest BCUT2D eigenvalue weighted by atomic mass is 32.1. The van der Waals surface area contributed by atoms with Crippen LogP contribution in [0.25, 0.3) is 0 Å². The van der Waals surface area contributed by atoms with E-state index in [2.05, 4.69) is 0 Å². The minimum Gasteiger partial charge on any atom is -0.496 e. The molecular weight excluding hydrogens is 272 g/mol. The van der Waals surface area contributed by atoms with Crippen molar-refractivity contribution in [3.63, 3.8) is 0 Å². The summed E-state index contributed by atoms with van der Waals surface area (Å²) < 4.78 is 5.25. The molecule has 0 bridgehead atoms. The molecule has 20 heavy (non-hydrogen) atoms. The summed E-state index contributed by atoms with van der Waals surface area (Å²) in [6.07, 6.45) is 0. The van der Waals surface area contributed by atoms with Gasteiger partial charge >= 0.3 is 0 Å². The molecule has 106 valence electrons. The van der Waals surface area contributed by atoms with Crippen LogP contribution < -0.4 is 10.5 Å². The molecule has 2 rings (SSSR count). The zero-order chi connectivity index (χ0) is 14.5. The van der Waals surface area contributed by atoms with Crippen molar-refractivity contribution in [3.05, 3.63) is 46.2 Å². The van der Waals surface area contributed by atoms with E-state index in [0.29, 0.717) is 30.1 Å². The van der Waals surface area contributed by atoms with E-state index in [4.69, 9.17) is 10.5 Å². The Morgan fingerprint density at radius 1 is 1.40 bits per heavy atom. The number of hydrogen-bond donors (Lipinski definition) is 1. The van der Waals surface area contributed by atoms with Gasteiger partial charge in [-0.3, -0.25) is 4.79 Å². The van der Waals surface area contributed by atoms with Gasteiger partial charge in [-0.25, -0.2) is 0 Å². The summed E-state index contributed by atoms with van der Waals surface area (Å²) in [6, 6.07) is 9.13. The molecule has 5 heteroatoms. The Hall–Kier alpha value is -2.01. The fourth-order valence-corrected chi connectivity index (χ4v) is 2.70. The summed E-state index contributed by atoms with van der Waals surface area (Å²) >= 11 is 1.64. The Bertz CT molecular complexity index is 582. The zero-order valence-electron chi connectivity index (χ0n) is 11.6. The largest absolute Gasteiger partial charge is 0.496 e. The first-order valence-corrected chi connectivity index (χ1v) is 7.28. The van der Waals surface area contributed by atoms with E-state index in [9.17, 15) is 4.79 Å². The van der Waals surface area contributed by atoms with E-state index in [1.54, 1.807) is 41.5 Å². The van der Waals surface area contributed by atoms with E-state index in [1.807, 2.05) is 24.4 Å². The van der Waals surface area contributed by atoms with Crippen molar-refractivity contribution in [2.45, 2.75) is 13.5 Å². The van der Waals surface area contributed by atoms with Gasteiger partial charge < -0.3 is 15.4 Å². The van der Waals surface area contributed by atoms with E-state index < -0.39 is 0 Å². The maximum absolute atomic E-state index is 12.6. The summed E-state index contributed by atoms with van der Waals surface area (Å²) in [5, 5.41) is 2.01. The SMILES string of the molecule is CCN(Cc1cccs1)C(=O)c1cc(N)ccc1OC. The van der Waals surface area contributed by atoms with Gasteiger partial charge in [0.2, 0.25) is 0 Å². The highest BCUT2D eigenvalue weighted by Gasteiger charge is 2.19. The smallest absolute Gasteiger partial charge is 0.258 e. The first-order chi connectivity index (χ1) is 9.65. The molecule has 0 saturated carbocycles. The lowest BCUT2D eigenvalue weighted by Gasteiger charge is -2.21. The summed E-state index contributed by atoms with van der Waals surface area (Å²) in [5.74, 6) is 0.485. The third-order valence-corrected chi connectivity index (χ3v) is 3.91. The topological polar surface area (TPSA) is 55.6 Å². The standard InChI is InChI=1S/C15H18N2O2S/c1-3-17(10-12-5-4-8-20-12)15(18)13-9-11(16)6-7-14(13)19-2/h4-9H,3,10,16H2,1-2H3. The van der Waals surface area contributed by atoms with Crippen molar-refractivity contribution in [1.29, 1.82) is 0 Å². The third-order valence-electron chi connectivity index (χ3n) is 3.05. The van der Waals surface area contributed by atoms with Crippen LogP contribution in [0.2, 0.25) is 0 Å². The van der Waals surface area contributed by atoms with Crippen molar-refractivity contribution in [2.75, 3.05) is 19.4 Å². The molecule has 2 aromatic rings. The fourth-order valence-electron chi connectivity index (χ4n) is 1.98. The average molecular weight is 290 g/mol. The first-order valence-electron chi connectivity index (χ1n) is 6.41. The molecule has 0 aliphatic rings. The number of hydrogen-bond acceptors (Lipinski definition) is 4. The second-order valence-corrected chi connectivity index (χ2v) is 5.39. The summed E-state index contributed by atoms with van der Waals surface area (Å²) in [5.41, 5.74) is 6.84. The van der Waals surface area contributed by atoms with Gasteiger partial charge in [0.05, 0.1) is 19.2 Å². The van der Waals surface area contributed by atoms with Gasteiger partial charge in [0, 0.05) is 17.1 Å². The van der Waals surface area contributed by atoms with Gasteiger partial charge in [0.1, 0.15) is 5.75 Å². The number of thiophene rings is 1. The molecule has 2 N–H and O–H groups in total. The minimum absolute atomic E-state index is 0.0648. The van der Waals surface area contributed by atoms with Gasteiger partial charge in [0.15, 0.2) is 0 Å². The Morgan fingerprint density at radius 3 is 2.80 bits per heavy atom. The van der Waals surface area contributed by atoms with Crippen LogP contribution in [-0.2, 0) is 6.54 Å². The van der Waals surface area contributed by atoms with Gasteiger partial charge in [-0.15, -0.1) is 11.3 Å². The maximum atomic E-state index is 12.6. The van der Waals surface area contributed by atoms with Crippen molar-refractivity contribution in [1.82, 2.24) is 4.90 Å². The van der Waals surface area contributed by atoms with E-state index >= 15 is 0 Å². The maximum Gasteiger partial charge on any atom is 0.258 e. The zero-order valence-corrected chi connectivity index (χ0v) is 12.4. The number of nitrogens with zero attached hydrogens (tertiary/aromatic N) is 1. The normalized spacial score (nSPS) is 10.3. The fraction of sp³-hybridized carbons (Fsp3) is 0.267. The van der Waals surface area contributed by atoms with Crippen molar-refractivity contribution in [2.24, 2.45) is 0 Å². The van der Waals surface area contributed by atoms with Crippen LogP contribution in [-0.4, -0.2) is 24.5 Å². The summed E-state index contributed by atoms with van der Waals surface area (Å²) in [7, 11) is 1.55. The van der Waals surface area contributed by atoms with E-state index in [1.165, 1.54) is 0 Å². The number of ether oxygens (including phenoxy) is 1. The molecule has 0 aliphatic carbocycles. The van der Waals surface area contributed by atoms with E-state index in [-0.39, 0.29) is 5.91 Å². The number of methoxy groups -OCH3 is 1. The van der Waals surface area contributed by atoms with Crippen molar-refractivity contribution >= 4 is 22.9 Å². The Kier molecular flexibility index (Phi) is 4.63. The predicted octanol–water partition coefficient (Wildman–Crippen LogP) is 3.00. The predicted molar refractivity (Wildman–Crippen MR) is 82.1 cm³/mol. The monoisotopic (exact) mass is 290 g/mol. The van der Waals surface area contributed by atoms with Crippen LogP contribution in [0.3, 0.4) is 0 Å². The van der Waals surface area contributed by atoms with Gasteiger partial charge in [-0.1, -0.05) is 6.07 Å². The summed E-state index contributed by atoms with van der Waals surface area (Å²) in [4.78, 5) is 15.6. The summed E-state index contributed by atoms with van der Waals surface area (Å²) in [6.45, 7) is 3.20. The number of carbonyl (C=O) groups is 1. The molecule has 0 aliphatic heterocycles. The van der Waals surface area contributed by atoms with Crippen LogP contribution in [0.1, 0.15) is 22.2 Å². The van der Waals surface area contributed by atoms with Crippen LogP contribution >= 0.6 is 11.3 Å². The van der Waals surface area contributed by atoms with Crippen molar-refractivity contribution < 1.29 is 9.53 Å². The lowest BCUT2D eigenvalue weighted by Crippen LogP contribution is -2.30. The number of nitrogens with two attached hydrogens (primary N) is 1. The second-order valence-electron chi connectivity index (χ2n) is 4.36. The molecule has 0 spiro atoms. The lowest BCUT2D eigenvalue weighted by atomic mass is 10.1. The molecular formula is C15H18N2O2S. The highest BCUT2D eigenvalue weighted by molar-refractivity contribution is 7.09. The highest BCUT2D eigenvalue weighted by Crippen LogP contribution is 2.24. The average Bonchev–Trinajstić information content (AvgIpc) is 2.97. The van der Waals surface area contributed by atoms with Gasteiger partial charge in [0.25, 0.3) is 5.91 Å². The first kappa shape index (κ1) is 14.4. The Morgan fingerprint density at radius 2 is 2.20 bits per heavy atom. The van der Waals surface area contributed by atoms with E-state index in [0.717, 1.165) is 4.88 Å². The van der Waals surface area contributed by atoms with Gasteiger partial charge in [-0.2, -0.15) is 0 Å². The van der Waals surface area contributed by atoms with Crippen LogP contribution in [0.4, 0.5) is 5.69 Å². The lowest BCUT2D eigenvalue weighted by molar-refractivity contribution is 0.0751. The third kappa shape index (κ3) is 3.11. The van der Waals surface area contributed by atoms with Gasteiger partial charge in [-0.05, 0) is 36.6 Å². The molecule has 1 aromatic carbocycles. The number of anilines is 1. The molecule has 4 nitrogen and oxygen atoms in total. The minimum atomic E-state index is -0.0648. The Labute approximate surface area is 122 Å². The van der Waals surface area contributed by atoms with Crippen molar-refractivity contribution in [3.8, 4) is 5.75 Å². The second kappa shape index (κ2) is 6.43. The van der Waals surface area contributed by atoms with Crippen LogP contribution in [0.15, 0.2) is 35.7 Å². The Balaban J connectivity index is 2.26. The van der Waals surface area contributed by atoms with Crippen LogP contribution in [0, 0.1) is 0 Å². The molecule has 0 atom stereocenters.